The number of rotatable bonds is 7. The number of hydrogen-bond donors (Lipinski definition) is 2. The van der Waals surface area contributed by atoms with Crippen molar-refractivity contribution in [1.82, 2.24) is 4.98 Å². The van der Waals surface area contributed by atoms with Crippen LogP contribution in [0.1, 0.15) is 58.8 Å². The molecule has 0 radical (unpaired) electrons. The van der Waals surface area contributed by atoms with Crippen molar-refractivity contribution in [2.75, 3.05) is 23.4 Å². The number of esters is 1. The van der Waals surface area contributed by atoms with Gasteiger partial charge in [-0.15, -0.1) is 0 Å². The first kappa shape index (κ1) is 20.6. The van der Waals surface area contributed by atoms with Gasteiger partial charge in [-0.2, -0.15) is 0 Å². The van der Waals surface area contributed by atoms with Crippen molar-refractivity contribution in [2.24, 2.45) is 0 Å². The highest BCUT2D eigenvalue weighted by molar-refractivity contribution is 6.04. The van der Waals surface area contributed by atoms with E-state index in [1.54, 1.807) is 32.6 Å². The number of nitrogens with zero attached hydrogens (tertiary/aromatic N) is 1. The first-order chi connectivity index (χ1) is 13.8. The predicted molar refractivity (Wildman–Crippen MR) is 112 cm³/mol. The lowest BCUT2D eigenvalue weighted by atomic mass is 10.0. The van der Waals surface area contributed by atoms with E-state index in [2.05, 4.69) is 10.3 Å². The van der Waals surface area contributed by atoms with Crippen molar-refractivity contribution >= 4 is 29.0 Å². The number of aromatic amines is 1. The van der Waals surface area contributed by atoms with Crippen molar-refractivity contribution in [3.8, 4) is 0 Å². The van der Waals surface area contributed by atoms with Crippen molar-refractivity contribution in [3.05, 3.63) is 46.8 Å². The Morgan fingerprint density at radius 2 is 1.93 bits per heavy atom. The SMILES string of the molecule is CCOC(=O)c1c(C)[nH]c(C(=O)[C@H](C)Nc2ccc(N3CCCC3=O)cc2)c1C. The van der Waals surface area contributed by atoms with E-state index in [-0.39, 0.29) is 18.3 Å². The maximum atomic E-state index is 12.9. The Hall–Kier alpha value is -3.09. The van der Waals surface area contributed by atoms with E-state index in [0.29, 0.717) is 28.9 Å². The van der Waals surface area contributed by atoms with Crippen molar-refractivity contribution in [3.63, 3.8) is 0 Å². The van der Waals surface area contributed by atoms with E-state index in [9.17, 15) is 14.4 Å². The molecule has 2 aromatic rings. The molecule has 1 aliphatic rings. The molecule has 1 amide bonds. The second-order valence-corrected chi connectivity index (χ2v) is 7.27. The van der Waals surface area contributed by atoms with Crippen LogP contribution >= 0.6 is 0 Å². The number of aryl methyl sites for hydroxylation is 1. The Kier molecular flexibility index (Phi) is 6.06. The molecule has 0 aliphatic carbocycles. The molecule has 29 heavy (non-hydrogen) atoms. The third-order valence-electron chi connectivity index (χ3n) is 5.19. The lowest BCUT2D eigenvalue weighted by molar-refractivity contribution is -0.117. The standard InChI is InChI=1S/C22H27N3O4/c1-5-29-22(28)19-13(2)20(24-14(19)3)21(27)15(4)23-16-8-10-17(11-9-16)25-12-6-7-18(25)26/h8-11,15,23-24H,5-7,12H2,1-4H3/t15-/m0/s1. The molecule has 7 heteroatoms. The molecule has 0 bridgehead atoms. The van der Waals surface area contributed by atoms with Gasteiger partial charge in [-0.05, 0) is 63.9 Å². The molecule has 154 valence electrons. The summed E-state index contributed by atoms with van der Waals surface area (Å²) in [5.41, 5.74) is 3.70. The number of benzene rings is 1. The van der Waals surface area contributed by atoms with Crippen LogP contribution in [0.25, 0.3) is 0 Å². The van der Waals surface area contributed by atoms with E-state index >= 15 is 0 Å². The van der Waals surface area contributed by atoms with Gasteiger partial charge >= 0.3 is 5.97 Å². The van der Waals surface area contributed by atoms with Gasteiger partial charge in [0, 0.05) is 30.0 Å². The molecule has 1 aliphatic heterocycles. The summed E-state index contributed by atoms with van der Waals surface area (Å²) in [5, 5.41) is 3.19. The number of H-pyrrole nitrogens is 1. The Balaban J connectivity index is 1.72. The van der Waals surface area contributed by atoms with Gasteiger partial charge in [-0.1, -0.05) is 0 Å². The maximum absolute atomic E-state index is 12.9. The molecule has 1 aromatic heterocycles. The molecule has 1 aromatic carbocycles. The van der Waals surface area contributed by atoms with Gasteiger partial charge in [-0.3, -0.25) is 9.59 Å². The zero-order chi connectivity index (χ0) is 21.1. The van der Waals surface area contributed by atoms with Crippen LogP contribution in [0, 0.1) is 13.8 Å². The van der Waals surface area contributed by atoms with E-state index < -0.39 is 12.0 Å². The number of amides is 1. The van der Waals surface area contributed by atoms with Crippen LogP contribution in [0.4, 0.5) is 11.4 Å². The van der Waals surface area contributed by atoms with Crippen LogP contribution < -0.4 is 10.2 Å². The third-order valence-corrected chi connectivity index (χ3v) is 5.19. The van der Waals surface area contributed by atoms with Gasteiger partial charge in [0.2, 0.25) is 11.7 Å². The van der Waals surface area contributed by atoms with Gasteiger partial charge in [-0.25, -0.2) is 4.79 Å². The van der Waals surface area contributed by atoms with Gasteiger partial charge in [0.1, 0.15) is 0 Å². The fourth-order valence-corrected chi connectivity index (χ4v) is 3.70. The molecule has 1 fully saturated rings. The molecule has 2 heterocycles. The number of carbonyl (C=O) groups is 3. The zero-order valence-electron chi connectivity index (χ0n) is 17.3. The predicted octanol–water partition coefficient (Wildman–Crippen LogP) is 3.62. The lowest BCUT2D eigenvalue weighted by Crippen LogP contribution is -2.27. The average molecular weight is 397 g/mol. The number of anilines is 2. The van der Waals surface area contributed by atoms with Crippen LogP contribution in [0.5, 0.6) is 0 Å². The molecule has 2 N–H and O–H groups in total. The number of hydrogen-bond acceptors (Lipinski definition) is 5. The van der Waals surface area contributed by atoms with Crippen LogP contribution in [0.3, 0.4) is 0 Å². The van der Waals surface area contributed by atoms with Gasteiger partial charge in [0.05, 0.1) is 23.9 Å². The normalized spacial score (nSPS) is 14.8. The summed E-state index contributed by atoms with van der Waals surface area (Å²) < 4.78 is 5.09. The summed E-state index contributed by atoms with van der Waals surface area (Å²) in [4.78, 5) is 41.8. The molecule has 0 spiro atoms. The smallest absolute Gasteiger partial charge is 0.340 e. The summed E-state index contributed by atoms with van der Waals surface area (Å²) in [6.07, 6.45) is 1.47. The average Bonchev–Trinajstić information content (AvgIpc) is 3.24. The topological polar surface area (TPSA) is 91.5 Å². The number of ketones is 1. The second-order valence-electron chi connectivity index (χ2n) is 7.27. The van der Waals surface area contributed by atoms with Crippen LogP contribution in [0.15, 0.2) is 24.3 Å². The van der Waals surface area contributed by atoms with Crippen LogP contribution in [0.2, 0.25) is 0 Å². The van der Waals surface area contributed by atoms with Crippen molar-refractivity contribution < 1.29 is 19.1 Å². The summed E-state index contributed by atoms with van der Waals surface area (Å²) in [6.45, 7) is 8.06. The number of aromatic nitrogens is 1. The third kappa shape index (κ3) is 4.18. The molecular weight excluding hydrogens is 370 g/mol. The van der Waals surface area contributed by atoms with Crippen molar-refractivity contribution in [2.45, 2.75) is 46.6 Å². The van der Waals surface area contributed by atoms with Gasteiger partial charge < -0.3 is 19.9 Å². The van der Waals surface area contributed by atoms with E-state index in [4.69, 9.17) is 4.74 Å². The van der Waals surface area contributed by atoms with E-state index in [0.717, 1.165) is 24.3 Å². The molecule has 1 atom stereocenters. The summed E-state index contributed by atoms with van der Waals surface area (Å²) >= 11 is 0. The highest BCUT2D eigenvalue weighted by Crippen LogP contribution is 2.24. The minimum Gasteiger partial charge on any atom is -0.462 e. The monoisotopic (exact) mass is 397 g/mol. The van der Waals surface area contributed by atoms with E-state index in [1.807, 2.05) is 24.3 Å². The first-order valence-electron chi connectivity index (χ1n) is 9.91. The summed E-state index contributed by atoms with van der Waals surface area (Å²) in [6, 6.07) is 6.99. The Morgan fingerprint density at radius 1 is 1.24 bits per heavy atom. The molecule has 1 saturated heterocycles. The Labute approximate surface area is 170 Å². The Bertz CT molecular complexity index is 930. The lowest BCUT2D eigenvalue weighted by Gasteiger charge is -2.18. The molecule has 3 rings (SSSR count). The molecule has 0 saturated carbocycles. The number of ether oxygens (including phenoxy) is 1. The minimum absolute atomic E-state index is 0.139. The highest BCUT2D eigenvalue weighted by atomic mass is 16.5. The molecule has 0 unspecified atom stereocenters. The minimum atomic E-state index is -0.499. The molecular formula is C22H27N3O4. The number of carbonyl (C=O) groups excluding carboxylic acids is 3. The zero-order valence-corrected chi connectivity index (χ0v) is 17.3. The Morgan fingerprint density at radius 3 is 2.52 bits per heavy atom. The second kappa shape index (κ2) is 8.51. The fraction of sp³-hybridized carbons (Fsp3) is 0.409. The number of nitrogens with one attached hydrogen (secondary N) is 2. The summed E-state index contributed by atoms with van der Waals surface area (Å²) in [7, 11) is 0. The first-order valence-corrected chi connectivity index (χ1v) is 9.91. The quantitative estimate of drug-likeness (QED) is 0.550. The van der Waals surface area contributed by atoms with Crippen LogP contribution in [-0.4, -0.2) is 41.8 Å². The van der Waals surface area contributed by atoms with Gasteiger partial charge in [0.15, 0.2) is 0 Å². The highest BCUT2D eigenvalue weighted by Gasteiger charge is 2.26. The molecule has 7 nitrogen and oxygen atoms in total. The van der Waals surface area contributed by atoms with E-state index in [1.165, 1.54) is 0 Å². The van der Waals surface area contributed by atoms with Crippen molar-refractivity contribution in [1.29, 1.82) is 0 Å². The van der Waals surface area contributed by atoms with Gasteiger partial charge in [0.25, 0.3) is 0 Å². The fourth-order valence-electron chi connectivity index (χ4n) is 3.70. The number of Topliss-reactive ketones (excluding diaryl/α,β-unsaturated/α-hetero) is 1. The van der Waals surface area contributed by atoms with Crippen LogP contribution in [-0.2, 0) is 9.53 Å². The largest absolute Gasteiger partial charge is 0.462 e. The maximum Gasteiger partial charge on any atom is 0.340 e. The summed E-state index contributed by atoms with van der Waals surface area (Å²) in [5.74, 6) is -0.422.